The van der Waals surface area contributed by atoms with Gasteiger partial charge in [0.2, 0.25) is 0 Å². The fourth-order valence-electron chi connectivity index (χ4n) is 1.60. The van der Waals surface area contributed by atoms with Gasteiger partial charge in [-0.05, 0) is 46.3 Å². The lowest BCUT2D eigenvalue weighted by Crippen LogP contribution is -2.12. The summed E-state index contributed by atoms with van der Waals surface area (Å²) in [6, 6.07) is 10.3. The second-order valence-corrected chi connectivity index (χ2v) is 6.49. The second kappa shape index (κ2) is 5.72. The van der Waals surface area contributed by atoms with Crippen molar-refractivity contribution in [2.24, 2.45) is 0 Å². The van der Waals surface area contributed by atoms with Crippen molar-refractivity contribution in [2.75, 3.05) is 11.8 Å². The fourth-order valence-corrected chi connectivity index (χ4v) is 3.37. The van der Waals surface area contributed by atoms with E-state index in [1.165, 1.54) is 31.4 Å². The Bertz CT molecular complexity index is 731. The molecule has 0 saturated heterocycles. The van der Waals surface area contributed by atoms with Gasteiger partial charge in [0, 0.05) is 6.07 Å². The van der Waals surface area contributed by atoms with Crippen LogP contribution in [0.2, 0.25) is 0 Å². The van der Waals surface area contributed by atoms with Crippen molar-refractivity contribution in [3.8, 4) is 11.5 Å². The Labute approximate surface area is 125 Å². The number of hydrogen-bond donors (Lipinski definition) is 2. The van der Waals surface area contributed by atoms with Gasteiger partial charge in [-0.15, -0.1) is 0 Å². The Morgan fingerprint density at radius 1 is 1.20 bits per heavy atom. The Morgan fingerprint density at radius 3 is 2.55 bits per heavy atom. The summed E-state index contributed by atoms with van der Waals surface area (Å²) in [5, 5.41) is 9.33. The summed E-state index contributed by atoms with van der Waals surface area (Å²) in [7, 11) is -2.22. The van der Waals surface area contributed by atoms with E-state index in [4.69, 9.17) is 4.74 Å². The highest BCUT2D eigenvalue weighted by atomic mass is 79.9. The first kappa shape index (κ1) is 14.7. The Hall–Kier alpha value is -1.73. The Balaban J connectivity index is 2.33. The normalized spacial score (nSPS) is 11.1. The molecule has 0 bridgehead atoms. The number of benzene rings is 2. The zero-order chi connectivity index (χ0) is 14.8. The highest BCUT2D eigenvalue weighted by molar-refractivity contribution is 9.10. The summed E-state index contributed by atoms with van der Waals surface area (Å²) in [5.74, 6) is 0.530. The summed E-state index contributed by atoms with van der Waals surface area (Å²) in [6.07, 6.45) is 0. The highest BCUT2D eigenvalue weighted by Gasteiger charge is 2.16. The van der Waals surface area contributed by atoms with E-state index in [9.17, 15) is 13.5 Å². The molecule has 0 aliphatic carbocycles. The lowest BCUT2D eigenvalue weighted by molar-refractivity contribution is 0.411. The maximum Gasteiger partial charge on any atom is 0.261 e. The monoisotopic (exact) mass is 357 g/mol. The van der Waals surface area contributed by atoms with E-state index in [2.05, 4.69) is 20.7 Å². The van der Waals surface area contributed by atoms with Crippen molar-refractivity contribution in [1.29, 1.82) is 0 Å². The fraction of sp³-hybridized carbons (Fsp3) is 0.0769. The van der Waals surface area contributed by atoms with Gasteiger partial charge in [-0.3, -0.25) is 4.72 Å². The molecule has 2 aromatic carbocycles. The molecule has 0 radical (unpaired) electrons. The number of phenolic OH excluding ortho intramolecular Hbond substituents is 1. The van der Waals surface area contributed by atoms with Crippen molar-refractivity contribution in [1.82, 2.24) is 0 Å². The highest BCUT2D eigenvalue weighted by Crippen LogP contribution is 2.28. The van der Waals surface area contributed by atoms with Crippen molar-refractivity contribution in [2.45, 2.75) is 4.90 Å². The van der Waals surface area contributed by atoms with Gasteiger partial charge in [0.1, 0.15) is 11.5 Å². The Morgan fingerprint density at radius 2 is 1.95 bits per heavy atom. The lowest BCUT2D eigenvalue weighted by atomic mass is 10.3. The standard InChI is InChI=1S/C13H12BrNO4S/c1-19-13-6-5-11(8-12(13)14)20(17,18)15-9-3-2-4-10(16)7-9/h2-8,15-16H,1H3. The van der Waals surface area contributed by atoms with Gasteiger partial charge in [-0.1, -0.05) is 6.07 Å². The van der Waals surface area contributed by atoms with Crippen molar-refractivity contribution >= 4 is 31.6 Å². The summed E-state index contributed by atoms with van der Waals surface area (Å²) in [6.45, 7) is 0. The van der Waals surface area contributed by atoms with E-state index in [0.29, 0.717) is 10.2 Å². The molecule has 0 aliphatic rings. The number of anilines is 1. The molecule has 0 unspecified atom stereocenters. The number of nitrogens with one attached hydrogen (secondary N) is 1. The molecule has 0 aromatic heterocycles. The van der Waals surface area contributed by atoms with Crippen LogP contribution in [0.4, 0.5) is 5.69 Å². The Kier molecular flexibility index (Phi) is 4.20. The summed E-state index contributed by atoms with van der Waals surface area (Å²) in [4.78, 5) is 0.0912. The number of methoxy groups -OCH3 is 1. The molecule has 0 saturated carbocycles. The third-order valence-electron chi connectivity index (χ3n) is 2.53. The number of ether oxygens (including phenoxy) is 1. The van der Waals surface area contributed by atoms with Gasteiger partial charge in [0.25, 0.3) is 10.0 Å². The van der Waals surface area contributed by atoms with Gasteiger partial charge in [0.15, 0.2) is 0 Å². The average molecular weight is 358 g/mol. The van der Waals surface area contributed by atoms with Crippen LogP contribution in [0.25, 0.3) is 0 Å². The molecule has 2 aromatic rings. The number of sulfonamides is 1. The molecule has 2 N–H and O–H groups in total. The molecular weight excluding hydrogens is 346 g/mol. The quantitative estimate of drug-likeness (QED) is 0.881. The van der Waals surface area contributed by atoms with Crippen molar-refractivity contribution in [3.63, 3.8) is 0 Å². The van der Waals surface area contributed by atoms with Crippen LogP contribution >= 0.6 is 15.9 Å². The van der Waals surface area contributed by atoms with Crippen molar-refractivity contribution in [3.05, 3.63) is 46.9 Å². The first-order valence-electron chi connectivity index (χ1n) is 5.58. The predicted octanol–water partition coefficient (Wildman–Crippen LogP) is 2.96. The molecular formula is C13H12BrNO4S. The number of phenols is 1. The van der Waals surface area contributed by atoms with Crippen LogP contribution in [0.15, 0.2) is 51.8 Å². The molecule has 0 amide bonds. The molecule has 0 fully saturated rings. The smallest absolute Gasteiger partial charge is 0.261 e. The average Bonchev–Trinajstić information content (AvgIpc) is 2.38. The van der Waals surface area contributed by atoms with E-state index in [0.717, 1.165) is 0 Å². The zero-order valence-electron chi connectivity index (χ0n) is 10.5. The largest absolute Gasteiger partial charge is 0.508 e. The third-order valence-corrected chi connectivity index (χ3v) is 4.53. The van der Waals surface area contributed by atoms with E-state index in [1.807, 2.05) is 0 Å². The SMILES string of the molecule is COc1ccc(S(=O)(=O)Nc2cccc(O)c2)cc1Br. The van der Waals surface area contributed by atoms with Crippen LogP contribution in [-0.4, -0.2) is 20.6 Å². The topological polar surface area (TPSA) is 75.6 Å². The van der Waals surface area contributed by atoms with Gasteiger partial charge in [0.05, 0.1) is 22.2 Å². The molecule has 5 nitrogen and oxygen atoms in total. The van der Waals surface area contributed by atoms with Crippen LogP contribution in [0, 0.1) is 0 Å². The van der Waals surface area contributed by atoms with Crippen LogP contribution < -0.4 is 9.46 Å². The summed E-state index contributed by atoms with van der Waals surface area (Å²) < 4.78 is 32.4. The lowest BCUT2D eigenvalue weighted by Gasteiger charge is -2.10. The van der Waals surface area contributed by atoms with Crippen LogP contribution in [0.1, 0.15) is 0 Å². The maximum atomic E-state index is 12.2. The minimum Gasteiger partial charge on any atom is -0.508 e. The van der Waals surface area contributed by atoms with Crippen molar-refractivity contribution < 1.29 is 18.3 Å². The summed E-state index contributed by atoms with van der Waals surface area (Å²) in [5.41, 5.74) is 0.289. The zero-order valence-corrected chi connectivity index (χ0v) is 12.9. The molecule has 7 heteroatoms. The van der Waals surface area contributed by atoms with Crippen LogP contribution in [0.5, 0.6) is 11.5 Å². The van der Waals surface area contributed by atoms with Crippen LogP contribution in [-0.2, 0) is 10.0 Å². The van der Waals surface area contributed by atoms with E-state index < -0.39 is 10.0 Å². The number of rotatable bonds is 4. The van der Waals surface area contributed by atoms with Gasteiger partial charge >= 0.3 is 0 Å². The number of aromatic hydroxyl groups is 1. The molecule has 106 valence electrons. The van der Waals surface area contributed by atoms with E-state index >= 15 is 0 Å². The maximum absolute atomic E-state index is 12.2. The molecule has 0 atom stereocenters. The molecule has 0 heterocycles. The summed E-state index contributed by atoms with van der Waals surface area (Å²) >= 11 is 3.24. The van der Waals surface area contributed by atoms with Crippen LogP contribution in [0.3, 0.4) is 0 Å². The first-order chi connectivity index (χ1) is 9.42. The van der Waals surface area contributed by atoms with Gasteiger partial charge in [-0.25, -0.2) is 8.42 Å². The van der Waals surface area contributed by atoms with Gasteiger partial charge < -0.3 is 9.84 Å². The van der Waals surface area contributed by atoms with E-state index in [-0.39, 0.29) is 16.3 Å². The minimum atomic E-state index is -3.72. The third kappa shape index (κ3) is 3.23. The molecule has 2 rings (SSSR count). The van der Waals surface area contributed by atoms with Gasteiger partial charge in [-0.2, -0.15) is 0 Å². The molecule has 20 heavy (non-hydrogen) atoms. The molecule has 0 spiro atoms. The predicted molar refractivity (Wildman–Crippen MR) is 79.6 cm³/mol. The number of hydrogen-bond acceptors (Lipinski definition) is 4. The second-order valence-electron chi connectivity index (χ2n) is 3.95. The van der Waals surface area contributed by atoms with E-state index in [1.54, 1.807) is 18.2 Å². The minimum absolute atomic E-state index is 0.0129. The number of halogens is 1. The first-order valence-corrected chi connectivity index (χ1v) is 7.85. The molecule has 0 aliphatic heterocycles.